The molecule has 0 saturated carbocycles. The molecule has 0 radical (unpaired) electrons. The quantitative estimate of drug-likeness (QED) is 0.660. The van der Waals surface area contributed by atoms with Crippen molar-refractivity contribution >= 4 is 5.95 Å². The second-order valence-electron chi connectivity index (χ2n) is 2.87. The number of anilines is 1. The summed E-state index contributed by atoms with van der Waals surface area (Å²) in [7, 11) is 0. The highest BCUT2D eigenvalue weighted by atomic mass is 15.0. The topological polar surface area (TPSA) is 54.7 Å². The summed E-state index contributed by atoms with van der Waals surface area (Å²) in [5.41, 5.74) is 8.11. The van der Waals surface area contributed by atoms with Crippen molar-refractivity contribution in [3.05, 3.63) is 36.0 Å². The number of nitrogens with two attached hydrogens (primary N) is 1. The summed E-state index contributed by atoms with van der Waals surface area (Å²) in [6.07, 6.45) is 7.05. The molecule has 3 nitrogen and oxygen atoms in total. The Hall–Kier alpha value is -2.21. The number of aromatic amines is 1. The number of terminal acetylenes is 1. The minimum Gasteiger partial charge on any atom is -0.369 e. The van der Waals surface area contributed by atoms with Crippen LogP contribution in [-0.4, -0.2) is 9.97 Å². The van der Waals surface area contributed by atoms with Crippen molar-refractivity contribution in [3.8, 4) is 23.6 Å². The van der Waals surface area contributed by atoms with Gasteiger partial charge in [0.1, 0.15) is 0 Å². The largest absolute Gasteiger partial charge is 0.369 e. The van der Waals surface area contributed by atoms with Gasteiger partial charge in [-0.05, 0) is 6.07 Å². The van der Waals surface area contributed by atoms with E-state index in [0.717, 1.165) is 16.8 Å². The summed E-state index contributed by atoms with van der Waals surface area (Å²) in [5, 5.41) is 0. The van der Waals surface area contributed by atoms with Crippen LogP contribution in [0.2, 0.25) is 0 Å². The highest BCUT2D eigenvalue weighted by Crippen LogP contribution is 2.21. The minimum atomic E-state index is 0.395. The molecule has 2 aromatic rings. The van der Waals surface area contributed by atoms with E-state index in [0.29, 0.717) is 5.95 Å². The van der Waals surface area contributed by atoms with Crippen LogP contribution in [0.1, 0.15) is 5.56 Å². The number of nitrogens with zero attached hydrogens (tertiary/aromatic N) is 1. The molecule has 2 rings (SSSR count). The molecule has 3 heteroatoms. The molecule has 0 spiro atoms. The SMILES string of the molecule is C#Cc1ccccc1-c1cnc(N)[nH]1. The second-order valence-corrected chi connectivity index (χ2v) is 2.87. The fourth-order valence-corrected chi connectivity index (χ4v) is 1.32. The molecule has 1 aromatic carbocycles. The van der Waals surface area contributed by atoms with Crippen molar-refractivity contribution in [3.63, 3.8) is 0 Å². The molecule has 0 bridgehead atoms. The first-order chi connectivity index (χ1) is 6.81. The Morgan fingerprint density at radius 2 is 2.14 bits per heavy atom. The first-order valence-corrected chi connectivity index (χ1v) is 4.18. The molecule has 0 atom stereocenters. The molecule has 14 heavy (non-hydrogen) atoms. The van der Waals surface area contributed by atoms with Gasteiger partial charge in [0, 0.05) is 11.1 Å². The van der Waals surface area contributed by atoms with Crippen LogP contribution in [0, 0.1) is 12.3 Å². The van der Waals surface area contributed by atoms with Crippen molar-refractivity contribution in [2.75, 3.05) is 5.73 Å². The Balaban J connectivity index is 2.57. The molecule has 0 aliphatic rings. The Bertz CT molecular complexity index is 491. The monoisotopic (exact) mass is 183 g/mol. The number of benzene rings is 1. The van der Waals surface area contributed by atoms with Gasteiger partial charge < -0.3 is 10.7 Å². The van der Waals surface area contributed by atoms with Crippen LogP contribution in [0.5, 0.6) is 0 Å². The van der Waals surface area contributed by atoms with Crippen molar-refractivity contribution < 1.29 is 0 Å². The van der Waals surface area contributed by atoms with Gasteiger partial charge in [-0.1, -0.05) is 24.1 Å². The van der Waals surface area contributed by atoms with Crippen molar-refractivity contribution in [2.45, 2.75) is 0 Å². The number of H-pyrrole nitrogens is 1. The van der Waals surface area contributed by atoms with E-state index in [4.69, 9.17) is 12.2 Å². The lowest BCUT2D eigenvalue weighted by molar-refractivity contribution is 1.32. The average Bonchev–Trinajstić information content (AvgIpc) is 2.65. The zero-order valence-electron chi connectivity index (χ0n) is 7.49. The third-order valence-electron chi connectivity index (χ3n) is 1.97. The lowest BCUT2D eigenvalue weighted by Crippen LogP contribution is -1.87. The highest BCUT2D eigenvalue weighted by molar-refractivity contribution is 5.68. The van der Waals surface area contributed by atoms with Gasteiger partial charge in [0.25, 0.3) is 0 Å². The van der Waals surface area contributed by atoms with Crippen LogP contribution in [-0.2, 0) is 0 Å². The van der Waals surface area contributed by atoms with Gasteiger partial charge in [-0.25, -0.2) is 4.98 Å². The number of nitrogen functional groups attached to an aromatic ring is 1. The number of imidazole rings is 1. The number of rotatable bonds is 1. The van der Waals surface area contributed by atoms with Gasteiger partial charge in [-0.3, -0.25) is 0 Å². The normalized spacial score (nSPS) is 9.64. The van der Waals surface area contributed by atoms with Crippen LogP contribution < -0.4 is 5.73 Å². The molecule has 0 aliphatic carbocycles. The standard InChI is InChI=1S/C11H9N3/c1-2-8-5-3-4-6-9(8)10-7-13-11(12)14-10/h1,3-7H,(H3,12,13,14). The van der Waals surface area contributed by atoms with Gasteiger partial charge >= 0.3 is 0 Å². The fraction of sp³-hybridized carbons (Fsp3) is 0. The predicted molar refractivity (Wildman–Crippen MR) is 56.4 cm³/mol. The Labute approximate surface area is 82.0 Å². The van der Waals surface area contributed by atoms with E-state index in [-0.39, 0.29) is 0 Å². The molecular weight excluding hydrogens is 174 g/mol. The summed E-state index contributed by atoms with van der Waals surface area (Å²) in [5.74, 6) is 3.01. The molecular formula is C11H9N3. The van der Waals surface area contributed by atoms with Crippen molar-refractivity contribution in [1.29, 1.82) is 0 Å². The van der Waals surface area contributed by atoms with Crippen LogP contribution in [0.15, 0.2) is 30.5 Å². The molecule has 0 aliphatic heterocycles. The Morgan fingerprint density at radius 3 is 2.79 bits per heavy atom. The lowest BCUT2D eigenvalue weighted by atomic mass is 10.1. The number of aromatic nitrogens is 2. The number of hydrogen-bond donors (Lipinski definition) is 2. The highest BCUT2D eigenvalue weighted by Gasteiger charge is 2.04. The van der Waals surface area contributed by atoms with Gasteiger partial charge in [0.15, 0.2) is 5.95 Å². The van der Waals surface area contributed by atoms with Crippen molar-refractivity contribution in [1.82, 2.24) is 9.97 Å². The van der Waals surface area contributed by atoms with E-state index in [1.165, 1.54) is 0 Å². The number of hydrogen-bond acceptors (Lipinski definition) is 2. The molecule has 1 aromatic heterocycles. The first-order valence-electron chi connectivity index (χ1n) is 4.18. The maximum absolute atomic E-state index is 5.49. The third kappa shape index (κ3) is 1.34. The molecule has 0 saturated heterocycles. The third-order valence-corrected chi connectivity index (χ3v) is 1.97. The predicted octanol–water partition coefficient (Wildman–Crippen LogP) is 1.64. The number of nitrogens with one attached hydrogen (secondary N) is 1. The van der Waals surface area contributed by atoms with Gasteiger partial charge in [-0.2, -0.15) is 0 Å². The summed E-state index contributed by atoms with van der Waals surface area (Å²) in [4.78, 5) is 6.86. The maximum Gasteiger partial charge on any atom is 0.197 e. The first kappa shape index (κ1) is 8.39. The molecule has 1 heterocycles. The maximum atomic E-state index is 5.49. The Morgan fingerprint density at radius 1 is 1.36 bits per heavy atom. The molecule has 3 N–H and O–H groups in total. The summed E-state index contributed by atoms with van der Waals surface area (Å²) in [6, 6.07) is 7.64. The van der Waals surface area contributed by atoms with E-state index in [9.17, 15) is 0 Å². The van der Waals surface area contributed by atoms with Crippen LogP contribution in [0.3, 0.4) is 0 Å². The van der Waals surface area contributed by atoms with E-state index in [1.54, 1.807) is 6.20 Å². The van der Waals surface area contributed by atoms with E-state index in [1.807, 2.05) is 24.3 Å². The summed E-state index contributed by atoms with van der Waals surface area (Å²) >= 11 is 0. The fourth-order valence-electron chi connectivity index (χ4n) is 1.32. The van der Waals surface area contributed by atoms with E-state index >= 15 is 0 Å². The average molecular weight is 183 g/mol. The van der Waals surface area contributed by atoms with Crippen LogP contribution in [0.25, 0.3) is 11.3 Å². The summed E-state index contributed by atoms with van der Waals surface area (Å²) < 4.78 is 0. The van der Waals surface area contributed by atoms with Crippen molar-refractivity contribution in [2.24, 2.45) is 0 Å². The van der Waals surface area contributed by atoms with Gasteiger partial charge in [0.05, 0.1) is 11.9 Å². The Kier molecular flexibility index (Phi) is 1.96. The van der Waals surface area contributed by atoms with E-state index < -0.39 is 0 Å². The van der Waals surface area contributed by atoms with Gasteiger partial charge in [0.2, 0.25) is 0 Å². The zero-order chi connectivity index (χ0) is 9.97. The second kappa shape index (κ2) is 3.27. The smallest absolute Gasteiger partial charge is 0.197 e. The van der Waals surface area contributed by atoms with Gasteiger partial charge in [-0.15, -0.1) is 6.42 Å². The molecule has 0 fully saturated rings. The minimum absolute atomic E-state index is 0.395. The molecule has 68 valence electrons. The van der Waals surface area contributed by atoms with E-state index in [2.05, 4.69) is 15.9 Å². The molecule has 0 unspecified atom stereocenters. The summed E-state index contributed by atoms with van der Waals surface area (Å²) in [6.45, 7) is 0. The zero-order valence-corrected chi connectivity index (χ0v) is 7.49. The van der Waals surface area contributed by atoms with Crippen LogP contribution >= 0.6 is 0 Å². The van der Waals surface area contributed by atoms with Crippen LogP contribution in [0.4, 0.5) is 5.95 Å². The lowest BCUT2D eigenvalue weighted by Gasteiger charge is -2.00. The molecule has 0 amide bonds.